The van der Waals surface area contributed by atoms with Crippen LogP contribution in [0.2, 0.25) is 0 Å². The van der Waals surface area contributed by atoms with Crippen molar-refractivity contribution >= 4 is 5.97 Å². The molecule has 0 unspecified atom stereocenters. The minimum absolute atomic E-state index is 0.0642. The molecular formula is C50H98N2O5. The predicted molar refractivity (Wildman–Crippen MR) is 244 cm³/mol. The number of ether oxygens (including phenoxy) is 4. The highest BCUT2D eigenvalue weighted by Crippen LogP contribution is 2.31. The fraction of sp³-hybridized carbons (Fsp3) is 0.940. The van der Waals surface area contributed by atoms with Gasteiger partial charge in [-0.15, -0.1) is 0 Å². The van der Waals surface area contributed by atoms with Crippen molar-refractivity contribution in [3.05, 3.63) is 11.3 Å². The molecule has 1 rings (SSSR count). The number of allylic oxidation sites excluding steroid dienone is 1. The summed E-state index contributed by atoms with van der Waals surface area (Å²) in [6.07, 6.45) is 35.5. The van der Waals surface area contributed by atoms with Gasteiger partial charge in [0.2, 0.25) is 0 Å². The van der Waals surface area contributed by atoms with Gasteiger partial charge in [0.15, 0.2) is 0 Å². The fourth-order valence-electron chi connectivity index (χ4n) is 7.85. The van der Waals surface area contributed by atoms with Gasteiger partial charge in [-0.2, -0.15) is 0 Å². The summed E-state index contributed by atoms with van der Waals surface area (Å²) in [6, 6.07) is 0.992. The van der Waals surface area contributed by atoms with Gasteiger partial charge in [0.25, 0.3) is 0 Å². The van der Waals surface area contributed by atoms with Gasteiger partial charge in [0.05, 0.1) is 25.4 Å². The molecule has 0 heterocycles. The van der Waals surface area contributed by atoms with Crippen molar-refractivity contribution < 1.29 is 23.7 Å². The van der Waals surface area contributed by atoms with Crippen LogP contribution >= 0.6 is 0 Å². The Kier molecular flexibility index (Phi) is 38.1. The van der Waals surface area contributed by atoms with Crippen molar-refractivity contribution in [3.8, 4) is 0 Å². The molecule has 0 spiro atoms. The van der Waals surface area contributed by atoms with Gasteiger partial charge >= 0.3 is 5.97 Å². The molecule has 7 nitrogen and oxygen atoms in total. The highest BCUT2D eigenvalue weighted by molar-refractivity contribution is 5.69. The summed E-state index contributed by atoms with van der Waals surface area (Å²) < 4.78 is 23.9. The minimum Gasteiger partial charge on any atom is -0.498 e. The molecule has 0 aromatic rings. The van der Waals surface area contributed by atoms with Gasteiger partial charge < -0.3 is 23.8 Å². The molecule has 0 aromatic heterocycles. The Morgan fingerprint density at radius 1 is 0.474 bits per heavy atom. The topological polar surface area (TPSA) is 60.5 Å². The van der Waals surface area contributed by atoms with Crippen LogP contribution in [0.5, 0.6) is 0 Å². The molecule has 0 atom stereocenters. The molecule has 57 heavy (non-hydrogen) atoms. The molecule has 338 valence electrons. The van der Waals surface area contributed by atoms with Gasteiger partial charge in [-0.1, -0.05) is 117 Å². The molecule has 1 saturated carbocycles. The average Bonchev–Trinajstić information content (AvgIpc) is 3.17. The first kappa shape index (κ1) is 53.9. The molecule has 0 saturated heterocycles. The average molecular weight is 807 g/mol. The second-order valence-electron chi connectivity index (χ2n) is 17.7. The lowest BCUT2D eigenvalue weighted by molar-refractivity contribution is -0.144. The molecular weight excluding hydrogens is 709 g/mol. The van der Waals surface area contributed by atoms with Crippen LogP contribution in [0.25, 0.3) is 0 Å². The number of rotatable bonds is 44. The van der Waals surface area contributed by atoms with Gasteiger partial charge in [-0.25, -0.2) is 0 Å². The first-order chi connectivity index (χ1) is 27.9. The molecule has 0 radical (unpaired) electrons. The summed E-state index contributed by atoms with van der Waals surface area (Å²) in [4.78, 5) is 17.8. The van der Waals surface area contributed by atoms with E-state index >= 15 is 0 Å². The van der Waals surface area contributed by atoms with Crippen LogP contribution in [0, 0.1) is 0 Å². The summed E-state index contributed by atoms with van der Waals surface area (Å²) in [5, 5.41) is 0. The van der Waals surface area contributed by atoms with Crippen molar-refractivity contribution in [2.45, 2.75) is 240 Å². The van der Waals surface area contributed by atoms with E-state index in [-0.39, 0.29) is 5.97 Å². The Morgan fingerprint density at radius 3 is 1.26 bits per heavy atom. The predicted octanol–water partition coefficient (Wildman–Crippen LogP) is 13.6. The number of unbranched alkanes of at least 4 members (excludes halogenated alkanes) is 20. The van der Waals surface area contributed by atoms with E-state index < -0.39 is 0 Å². The van der Waals surface area contributed by atoms with Crippen molar-refractivity contribution in [2.75, 3.05) is 65.8 Å². The number of carbonyl (C=O) groups excluding carboxylic acids is 1. The number of nitrogens with zero attached hydrogens (tertiary/aromatic N) is 2. The molecule has 1 aliphatic rings. The Balaban J connectivity index is 2.29. The van der Waals surface area contributed by atoms with E-state index in [4.69, 9.17) is 18.9 Å². The van der Waals surface area contributed by atoms with E-state index in [0.29, 0.717) is 25.1 Å². The Morgan fingerprint density at radius 2 is 0.860 bits per heavy atom. The standard InChI is InChI=1S/C50H98N2O5/c1-7-9-11-13-15-17-19-25-40-54-42-27-21-23-29-44-56-49(48-32-31-33-48)34-36-51(38-39-52(46(3)4)47(5)6)37-35-50(53)57-45-30-24-22-28-43-55-41-26-20-18-16-14-12-10-8-2/h46-47H,7-45H2,1-6H3. The monoisotopic (exact) mass is 807 g/mol. The van der Waals surface area contributed by atoms with Crippen LogP contribution in [0.15, 0.2) is 11.3 Å². The van der Waals surface area contributed by atoms with Gasteiger partial charge in [0.1, 0.15) is 0 Å². The smallest absolute Gasteiger partial charge is 0.307 e. The molecule has 0 aromatic carbocycles. The summed E-state index contributed by atoms with van der Waals surface area (Å²) in [5.74, 6) is 1.16. The maximum Gasteiger partial charge on any atom is 0.307 e. The van der Waals surface area contributed by atoms with Crippen LogP contribution in [-0.2, 0) is 23.7 Å². The normalized spacial score (nSPS) is 13.1. The fourth-order valence-corrected chi connectivity index (χ4v) is 7.85. The van der Waals surface area contributed by atoms with Crippen molar-refractivity contribution in [2.24, 2.45) is 0 Å². The van der Waals surface area contributed by atoms with Crippen LogP contribution in [0.3, 0.4) is 0 Å². The summed E-state index contributed by atoms with van der Waals surface area (Å²) in [7, 11) is 0. The molecule has 1 fully saturated rings. The number of esters is 1. The lowest BCUT2D eigenvalue weighted by atomic mass is 9.90. The van der Waals surface area contributed by atoms with Crippen molar-refractivity contribution in [1.82, 2.24) is 9.80 Å². The highest BCUT2D eigenvalue weighted by atomic mass is 16.5. The van der Waals surface area contributed by atoms with Crippen LogP contribution in [0.1, 0.15) is 228 Å². The quantitative estimate of drug-likeness (QED) is 0.0345. The SMILES string of the molecule is CCCCCCCCCCOCCCCCCOC(=O)CCN(CCC(OCCCCCCOCCCCCCCCCC)=C1CCC1)CCN(C(C)C)C(C)C. The third kappa shape index (κ3) is 33.3. The Labute approximate surface area is 355 Å². The van der Waals surface area contributed by atoms with Crippen LogP contribution in [-0.4, -0.2) is 93.7 Å². The van der Waals surface area contributed by atoms with E-state index in [0.717, 1.165) is 104 Å². The Hall–Kier alpha value is -1.15. The highest BCUT2D eigenvalue weighted by Gasteiger charge is 2.20. The first-order valence-corrected chi connectivity index (χ1v) is 25.0. The zero-order valence-corrected chi connectivity index (χ0v) is 39.2. The molecule has 0 bridgehead atoms. The lowest BCUT2D eigenvalue weighted by Gasteiger charge is -2.33. The second-order valence-corrected chi connectivity index (χ2v) is 17.7. The third-order valence-corrected chi connectivity index (χ3v) is 11.8. The van der Waals surface area contributed by atoms with E-state index in [2.05, 4.69) is 51.3 Å². The molecule has 0 N–H and O–H groups in total. The van der Waals surface area contributed by atoms with Gasteiger partial charge in [-0.05, 0) is 104 Å². The largest absolute Gasteiger partial charge is 0.498 e. The van der Waals surface area contributed by atoms with E-state index in [9.17, 15) is 4.79 Å². The maximum atomic E-state index is 12.8. The zero-order chi connectivity index (χ0) is 41.4. The van der Waals surface area contributed by atoms with Crippen LogP contribution < -0.4 is 0 Å². The van der Waals surface area contributed by atoms with Gasteiger partial charge in [-0.3, -0.25) is 9.69 Å². The van der Waals surface area contributed by atoms with Crippen molar-refractivity contribution in [1.29, 1.82) is 0 Å². The van der Waals surface area contributed by atoms with Crippen molar-refractivity contribution in [3.63, 3.8) is 0 Å². The second kappa shape index (κ2) is 40.3. The maximum absolute atomic E-state index is 12.8. The minimum atomic E-state index is -0.0642. The summed E-state index contributed by atoms with van der Waals surface area (Å²) in [5.41, 5.74) is 1.52. The number of carbonyl (C=O) groups is 1. The number of hydrogen-bond donors (Lipinski definition) is 0. The lowest BCUT2D eigenvalue weighted by Crippen LogP contribution is -2.43. The molecule has 0 amide bonds. The molecule has 1 aliphatic carbocycles. The molecule has 7 heteroatoms. The van der Waals surface area contributed by atoms with Gasteiger partial charge in [0, 0.05) is 71.1 Å². The summed E-state index contributed by atoms with van der Waals surface area (Å²) >= 11 is 0. The number of hydrogen-bond acceptors (Lipinski definition) is 7. The van der Waals surface area contributed by atoms with E-state index in [1.54, 1.807) is 0 Å². The van der Waals surface area contributed by atoms with E-state index in [1.807, 2.05) is 0 Å². The Bertz CT molecular complexity index is 895. The summed E-state index contributed by atoms with van der Waals surface area (Å²) in [6.45, 7) is 22.2. The van der Waals surface area contributed by atoms with Crippen LogP contribution in [0.4, 0.5) is 0 Å². The molecule has 0 aliphatic heterocycles. The van der Waals surface area contributed by atoms with E-state index in [1.165, 1.54) is 146 Å². The zero-order valence-electron chi connectivity index (χ0n) is 39.2. The third-order valence-electron chi connectivity index (χ3n) is 11.8. The first-order valence-electron chi connectivity index (χ1n) is 25.0.